The topological polar surface area (TPSA) is 6.48 Å². The molecule has 1 fully saturated rings. The molecule has 0 radical (unpaired) electrons. The van der Waals surface area contributed by atoms with Crippen molar-refractivity contribution >= 4 is 0 Å². The molecule has 0 aliphatic carbocycles. The predicted octanol–water partition coefficient (Wildman–Crippen LogP) is 6.32. The molecule has 0 amide bonds. The number of piperazine rings is 1. The highest BCUT2D eigenvalue weighted by Gasteiger charge is 2.95. The Morgan fingerprint density at radius 3 is 1.27 bits per heavy atom. The fourth-order valence-electron chi connectivity index (χ4n) is 2.06. The van der Waals surface area contributed by atoms with Crippen molar-refractivity contribution in [3.8, 4) is 0 Å². The Hall–Kier alpha value is -1.86. The van der Waals surface area contributed by atoms with E-state index in [1.165, 1.54) is 0 Å². The van der Waals surface area contributed by atoms with E-state index in [1.807, 2.05) is 0 Å². The summed E-state index contributed by atoms with van der Waals surface area (Å²) in [6.07, 6.45) is -9.17. The smallest absolute Gasteiger partial charge is 0.210 e. The van der Waals surface area contributed by atoms with Crippen LogP contribution in [0.5, 0.6) is 0 Å². The van der Waals surface area contributed by atoms with Crippen LogP contribution in [0.3, 0.4) is 0 Å². The Labute approximate surface area is 150 Å². The molecule has 0 spiro atoms. The van der Waals surface area contributed by atoms with Crippen LogP contribution in [0.2, 0.25) is 0 Å². The first-order chi connectivity index (χ1) is 13.0. The SMILES string of the molecule is FC(F)=C(F)C(F)(F)N1C(F)(F)C(F)(F)N(F)C(F)(F)C1(F)C(F)(F)C(F)=C(F)F. The molecule has 0 aromatic heterocycles. The van der Waals surface area contributed by atoms with Gasteiger partial charge in [0.2, 0.25) is 5.83 Å². The van der Waals surface area contributed by atoms with Gasteiger partial charge in [-0.05, 0) is 5.12 Å². The summed E-state index contributed by atoms with van der Waals surface area (Å²) in [6.45, 7) is 0. The maximum absolute atomic E-state index is 14.4. The molecule has 176 valence electrons. The molecule has 1 heterocycles. The Bertz CT molecular complexity index is 759. The van der Waals surface area contributed by atoms with Crippen LogP contribution in [-0.4, -0.2) is 45.9 Å². The van der Waals surface area contributed by atoms with Crippen molar-refractivity contribution in [2.45, 2.75) is 35.9 Å². The third kappa shape index (κ3) is 2.93. The maximum atomic E-state index is 14.4. The quantitative estimate of drug-likeness (QED) is 0.259. The first-order valence-electron chi connectivity index (χ1n) is 6.25. The van der Waals surface area contributed by atoms with E-state index in [0.717, 1.165) is 0 Å². The molecule has 30 heavy (non-hydrogen) atoms. The summed E-state index contributed by atoms with van der Waals surface area (Å²) in [5, 5.41) is -4.17. The summed E-state index contributed by atoms with van der Waals surface area (Å²) in [5.41, 5.74) is 0. The lowest BCUT2D eigenvalue weighted by molar-refractivity contribution is -0.557. The number of hydrogen-bond acceptors (Lipinski definition) is 2. The van der Waals surface area contributed by atoms with Gasteiger partial charge in [-0.2, -0.15) is 70.2 Å². The van der Waals surface area contributed by atoms with Crippen LogP contribution in [0, 0.1) is 0 Å². The normalized spacial score (nSPS) is 27.0. The summed E-state index contributed by atoms with van der Waals surface area (Å²) in [5.74, 6) is -25.6. The summed E-state index contributed by atoms with van der Waals surface area (Å²) in [4.78, 5) is -4.35. The second kappa shape index (κ2) is 6.82. The lowest BCUT2D eigenvalue weighted by Gasteiger charge is -2.55. The molecule has 1 aliphatic rings. The molecule has 0 saturated carbocycles. The Morgan fingerprint density at radius 2 is 0.933 bits per heavy atom. The lowest BCUT2D eigenvalue weighted by Crippen LogP contribution is -2.87. The Kier molecular flexibility index (Phi) is 5.95. The molecule has 1 rings (SSSR count). The van der Waals surface area contributed by atoms with E-state index in [9.17, 15) is 79.1 Å². The molecule has 20 heteroatoms. The average molecular weight is 490 g/mol. The van der Waals surface area contributed by atoms with E-state index in [0.29, 0.717) is 0 Å². The largest absolute Gasteiger partial charge is 0.412 e. The van der Waals surface area contributed by atoms with Gasteiger partial charge >= 0.3 is 48.1 Å². The van der Waals surface area contributed by atoms with E-state index in [2.05, 4.69) is 0 Å². The van der Waals surface area contributed by atoms with Crippen LogP contribution in [-0.2, 0) is 0 Å². The summed E-state index contributed by atoms with van der Waals surface area (Å²) in [7, 11) is 0. The molecule has 1 unspecified atom stereocenters. The molecule has 0 N–H and O–H groups in total. The first kappa shape index (κ1) is 26.2. The Balaban J connectivity index is 4.26. The van der Waals surface area contributed by atoms with Gasteiger partial charge in [0.1, 0.15) is 0 Å². The molecule has 2 nitrogen and oxygen atoms in total. The number of nitrogens with zero attached hydrogens (tertiary/aromatic N) is 2. The summed E-state index contributed by atoms with van der Waals surface area (Å²) in [6, 6.07) is -30.9. The zero-order valence-electron chi connectivity index (χ0n) is 12.7. The van der Waals surface area contributed by atoms with E-state index in [4.69, 9.17) is 0 Å². The van der Waals surface area contributed by atoms with Crippen LogP contribution >= 0.6 is 0 Å². The highest BCUT2D eigenvalue weighted by Crippen LogP contribution is 2.65. The minimum atomic E-state index is -8.08. The van der Waals surface area contributed by atoms with Crippen LogP contribution in [0.1, 0.15) is 0 Å². The van der Waals surface area contributed by atoms with Gasteiger partial charge in [-0.3, -0.25) is 0 Å². The third-order valence-electron chi connectivity index (χ3n) is 3.41. The molecular weight excluding hydrogens is 490 g/mol. The summed E-state index contributed by atoms with van der Waals surface area (Å²) < 4.78 is 236. The van der Waals surface area contributed by atoms with Crippen LogP contribution in [0.25, 0.3) is 0 Å². The zero-order valence-corrected chi connectivity index (χ0v) is 12.7. The highest BCUT2D eigenvalue weighted by molar-refractivity contribution is 5.24. The van der Waals surface area contributed by atoms with E-state index < -0.39 is 69.7 Å². The van der Waals surface area contributed by atoms with Gasteiger partial charge in [-0.15, -0.1) is 9.38 Å². The van der Waals surface area contributed by atoms with Gasteiger partial charge in [0.05, 0.1) is 0 Å². The van der Waals surface area contributed by atoms with Gasteiger partial charge < -0.3 is 0 Å². The van der Waals surface area contributed by atoms with Crippen LogP contribution in [0.15, 0.2) is 23.8 Å². The average Bonchev–Trinajstić information content (AvgIpc) is 2.57. The maximum Gasteiger partial charge on any atom is 0.412 e. The first-order valence-corrected chi connectivity index (χ1v) is 6.25. The zero-order chi connectivity index (χ0) is 24.5. The van der Waals surface area contributed by atoms with Crippen molar-refractivity contribution in [3.63, 3.8) is 0 Å². The molecule has 1 saturated heterocycles. The Morgan fingerprint density at radius 1 is 0.567 bits per heavy atom. The molecule has 0 aromatic carbocycles. The fraction of sp³-hybridized carbons (Fsp3) is 0.600. The van der Waals surface area contributed by atoms with Crippen LogP contribution < -0.4 is 0 Å². The van der Waals surface area contributed by atoms with Crippen molar-refractivity contribution in [2.24, 2.45) is 0 Å². The van der Waals surface area contributed by atoms with E-state index in [-0.39, 0.29) is 0 Å². The van der Waals surface area contributed by atoms with Gasteiger partial charge in [0.15, 0.2) is 0 Å². The van der Waals surface area contributed by atoms with Crippen molar-refractivity contribution in [2.75, 3.05) is 0 Å². The molecule has 1 atom stereocenters. The van der Waals surface area contributed by atoms with E-state index >= 15 is 0 Å². The van der Waals surface area contributed by atoms with Gasteiger partial charge in [-0.25, -0.2) is 4.39 Å². The van der Waals surface area contributed by atoms with Crippen molar-refractivity contribution in [1.29, 1.82) is 0 Å². The van der Waals surface area contributed by atoms with Gasteiger partial charge in [0, 0.05) is 0 Å². The molecular formula is C10F18N2. The summed E-state index contributed by atoms with van der Waals surface area (Å²) >= 11 is 0. The second-order valence-corrected chi connectivity index (χ2v) is 5.13. The number of alkyl halides is 11. The standard InChI is InChI=1S/C10F18N2/c11-1(3(13)14)5(17,18)7(21)8(22,23)30(28)10(26,27)9(24,25)29(7)6(19,20)2(12)4(15)16. The van der Waals surface area contributed by atoms with Crippen molar-refractivity contribution < 1.29 is 79.1 Å². The van der Waals surface area contributed by atoms with Crippen molar-refractivity contribution in [3.05, 3.63) is 23.8 Å². The minimum absolute atomic E-state index is 4.17. The van der Waals surface area contributed by atoms with Crippen LogP contribution in [0.4, 0.5) is 79.1 Å². The molecule has 0 bridgehead atoms. The third-order valence-corrected chi connectivity index (χ3v) is 3.41. The van der Waals surface area contributed by atoms with Gasteiger partial charge in [-0.1, -0.05) is 0 Å². The second-order valence-electron chi connectivity index (χ2n) is 5.13. The monoisotopic (exact) mass is 490 g/mol. The lowest BCUT2D eigenvalue weighted by atomic mass is 9.95. The molecule has 0 aromatic rings. The van der Waals surface area contributed by atoms with Crippen molar-refractivity contribution in [1.82, 2.24) is 10.0 Å². The minimum Gasteiger partial charge on any atom is -0.210 e. The van der Waals surface area contributed by atoms with E-state index in [1.54, 1.807) is 0 Å². The number of rotatable bonds is 4. The fourth-order valence-corrected chi connectivity index (χ4v) is 2.06. The predicted molar refractivity (Wildman–Crippen MR) is 54.1 cm³/mol. The van der Waals surface area contributed by atoms with Gasteiger partial charge in [0.25, 0.3) is 5.83 Å². The number of halogens is 18. The highest BCUT2D eigenvalue weighted by atomic mass is 19.4. The number of hydrogen-bond donors (Lipinski definition) is 0. The molecule has 1 aliphatic heterocycles.